The molecule has 2 aromatic rings. The number of nitrogens with one attached hydrogen (secondary N) is 1. The molecule has 2 fully saturated rings. The van der Waals surface area contributed by atoms with Gasteiger partial charge in [-0.2, -0.15) is 0 Å². The van der Waals surface area contributed by atoms with Crippen LogP contribution in [0.5, 0.6) is 11.5 Å². The Bertz CT molecular complexity index is 1730. The van der Waals surface area contributed by atoms with Crippen LogP contribution in [0.3, 0.4) is 0 Å². The van der Waals surface area contributed by atoms with Gasteiger partial charge in [0.25, 0.3) is 0 Å². The predicted molar refractivity (Wildman–Crippen MR) is 218 cm³/mol. The Hall–Kier alpha value is -4.27. The van der Waals surface area contributed by atoms with Gasteiger partial charge in [0.1, 0.15) is 24.1 Å². The Balaban J connectivity index is 1.50. The van der Waals surface area contributed by atoms with Crippen LogP contribution in [0.25, 0.3) is 0 Å². The van der Waals surface area contributed by atoms with Crippen molar-refractivity contribution in [2.24, 2.45) is 28.8 Å². The van der Waals surface area contributed by atoms with Crippen LogP contribution in [0.1, 0.15) is 81.8 Å². The summed E-state index contributed by atoms with van der Waals surface area (Å²) in [5.41, 5.74) is 3.44. The van der Waals surface area contributed by atoms with Crippen molar-refractivity contribution in [3.05, 3.63) is 84.0 Å². The summed E-state index contributed by atoms with van der Waals surface area (Å²) in [6, 6.07) is 14.4. The first-order valence-corrected chi connectivity index (χ1v) is 21.1. The second-order valence-corrected chi connectivity index (χ2v) is 15.6. The lowest BCUT2D eigenvalue weighted by atomic mass is 9.55. The average Bonchev–Trinajstić information content (AvgIpc) is 4.09. The Morgan fingerprint density at radius 1 is 1.02 bits per heavy atom. The third-order valence-electron chi connectivity index (χ3n) is 11.7. The van der Waals surface area contributed by atoms with E-state index in [1.165, 1.54) is 0 Å². The molecule has 0 bridgehead atoms. The molecule has 0 aromatic heterocycles. The number of hydrogen-bond donors (Lipinski definition) is 4. The molecule has 3 aliphatic carbocycles. The van der Waals surface area contributed by atoms with E-state index < -0.39 is 23.8 Å². The van der Waals surface area contributed by atoms with Gasteiger partial charge in [-0.05, 0) is 86.6 Å². The van der Waals surface area contributed by atoms with Crippen LogP contribution in [-0.4, -0.2) is 103 Å². The van der Waals surface area contributed by atoms with Crippen LogP contribution >= 0.6 is 0 Å². The predicted octanol–water partition coefficient (Wildman–Crippen LogP) is 5.88. The molecular formula is C45H61N3O10. The zero-order valence-electron chi connectivity index (χ0n) is 33.8. The van der Waals surface area contributed by atoms with Gasteiger partial charge in [-0.1, -0.05) is 60.5 Å². The van der Waals surface area contributed by atoms with Gasteiger partial charge in [-0.15, -0.1) is 6.58 Å². The SMILES string of the molecule is C=CCOC12Oc3ccc(OC(=O)NCc4ccccc4)cc3C3C(CCCCO)C(CCCCO)C=C(C(=NOCC)CC1N(CCOCCO)C(=O)C1CC1)C32. The fourth-order valence-corrected chi connectivity index (χ4v) is 9.08. The van der Waals surface area contributed by atoms with E-state index in [2.05, 4.69) is 18.0 Å². The standard InChI is InChI=1S/C45H61N3O10/c1-3-24-55-45-40(48(20-25-54-26-23-51)43(52)32-16-17-32)29-38(47-56-4-2)36-27-33(14-8-10-21-49)35(15-9-11-22-50)41(42(36)45)37-28-34(18-19-39(37)58-45)57-44(53)46-30-31-12-6-5-7-13-31/h3,5-7,12-13,18-19,27-28,32-33,35,40-42,49-51H,1,4,8-11,14-17,20-26,29-30H2,2H3,(H,46,53). The molecular weight excluding hydrogens is 743 g/mol. The molecule has 0 spiro atoms. The third-order valence-corrected chi connectivity index (χ3v) is 11.7. The molecule has 6 rings (SSSR count). The molecule has 13 heteroatoms. The van der Waals surface area contributed by atoms with Crippen molar-refractivity contribution in [1.82, 2.24) is 10.2 Å². The topological polar surface area (TPSA) is 169 Å². The van der Waals surface area contributed by atoms with E-state index in [1.54, 1.807) is 12.1 Å². The summed E-state index contributed by atoms with van der Waals surface area (Å²) in [5, 5.41) is 36.8. The number of fused-ring (bicyclic) bond motifs is 2. The molecule has 1 heterocycles. The van der Waals surface area contributed by atoms with E-state index in [4.69, 9.17) is 28.9 Å². The van der Waals surface area contributed by atoms with Crippen molar-refractivity contribution in [2.75, 3.05) is 52.8 Å². The fraction of sp³-hybridized carbons (Fsp3) is 0.578. The molecule has 6 atom stereocenters. The van der Waals surface area contributed by atoms with Crippen molar-refractivity contribution < 1.29 is 48.7 Å². The number of carbonyl (C=O) groups is 2. The van der Waals surface area contributed by atoms with Crippen molar-refractivity contribution in [2.45, 2.75) is 89.0 Å². The highest BCUT2D eigenvalue weighted by Gasteiger charge is 2.65. The van der Waals surface area contributed by atoms with Crippen LogP contribution in [0.2, 0.25) is 0 Å². The molecule has 4 aliphatic rings. The summed E-state index contributed by atoms with van der Waals surface area (Å²) in [6.07, 6.45) is 9.76. The Kier molecular flexibility index (Phi) is 15.8. The summed E-state index contributed by atoms with van der Waals surface area (Å²) in [4.78, 5) is 35.2. The molecule has 0 radical (unpaired) electrons. The fourth-order valence-electron chi connectivity index (χ4n) is 9.08. The largest absolute Gasteiger partial charge is 0.459 e. The summed E-state index contributed by atoms with van der Waals surface area (Å²) in [7, 11) is 0. The molecule has 4 N–H and O–H groups in total. The number of amides is 2. The van der Waals surface area contributed by atoms with Crippen LogP contribution in [0, 0.1) is 23.7 Å². The quantitative estimate of drug-likeness (QED) is 0.0606. The molecule has 2 aromatic carbocycles. The smallest absolute Gasteiger partial charge is 0.412 e. The summed E-state index contributed by atoms with van der Waals surface area (Å²) >= 11 is 0. The summed E-state index contributed by atoms with van der Waals surface area (Å²) in [6.45, 7) is 7.33. The van der Waals surface area contributed by atoms with E-state index in [0.717, 1.165) is 55.2 Å². The Morgan fingerprint density at radius 2 is 1.79 bits per heavy atom. The minimum Gasteiger partial charge on any atom is -0.459 e. The van der Waals surface area contributed by atoms with Crippen LogP contribution in [0.15, 0.2) is 78.0 Å². The number of nitrogens with zero attached hydrogens (tertiary/aromatic N) is 2. The van der Waals surface area contributed by atoms with Gasteiger partial charge in [0.2, 0.25) is 11.7 Å². The third kappa shape index (κ3) is 10.1. The van der Waals surface area contributed by atoms with E-state index in [0.29, 0.717) is 49.6 Å². The van der Waals surface area contributed by atoms with E-state index >= 15 is 0 Å². The number of ether oxygens (including phenoxy) is 4. The molecule has 316 valence electrons. The lowest BCUT2D eigenvalue weighted by Gasteiger charge is -2.60. The summed E-state index contributed by atoms with van der Waals surface area (Å²) in [5.74, 6) is -1.27. The van der Waals surface area contributed by atoms with Crippen LogP contribution in [0.4, 0.5) is 4.79 Å². The zero-order valence-corrected chi connectivity index (χ0v) is 33.8. The number of oxime groups is 1. The van der Waals surface area contributed by atoms with Gasteiger partial charge in [-0.3, -0.25) is 4.79 Å². The van der Waals surface area contributed by atoms with Crippen molar-refractivity contribution in [3.63, 3.8) is 0 Å². The number of rotatable bonds is 23. The summed E-state index contributed by atoms with van der Waals surface area (Å²) < 4.78 is 25.9. The van der Waals surface area contributed by atoms with Gasteiger partial charge in [-0.25, -0.2) is 4.79 Å². The molecule has 58 heavy (non-hydrogen) atoms. The molecule has 0 saturated heterocycles. The highest BCUT2D eigenvalue weighted by Crippen LogP contribution is 2.62. The van der Waals surface area contributed by atoms with E-state index in [-0.39, 0.29) is 75.8 Å². The highest BCUT2D eigenvalue weighted by molar-refractivity contribution is 6.03. The number of aliphatic hydroxyl groups is 3. The molecule has 13 nitrogen and oxygen atoms in total. The first-order chi connectivity index (χ1) is 28.4. The Morgan fingerprint density at radius 3 is 2.50 bits per heavy atom. The minimum atomic E-state index is -1.40. The number of aliphatic hydroxyl groups excluding tert-OH is 3. The monoisotopic (exact) mass is 803 g/mol. The maximum atomic E-state index is 14.4. The lowest BCUT2D eigenvalue weighted by Crippen LogP contribution is -2.70. The van der Waals surface area contributed by atoms with Crippen molar-refractivity contribution in [3.8, 4) is 11.5 Å². The average molecular weight is 804 g/mol. The number of carbonyl (C=O) groups excluding carboxylic acids is 2. The van der Waals surface area contributed by atoms with Gasteiger partial charge in [0.05, 0.1) is 38.1 Å². The number of unbranched alkanes of at least 4 members (excludes halogenated alkanes) is 2. The molecule has 1 aliphatic heterocycles. The highest BCUT2D eigenvalue weighted by atomic mass is 16.7. The number of hydrogen-bond acceptors (Lipinski definition) is 11. The molecule has 2 saturated carbocycles. The zero-order chi connectivity index (χ0) is 40.9. The molecule has 6 unspecified atom stereocenters. The number of benzene rings is 2. The lowest BCUT2D eigenvalue weighted by molar-refractivity contribution is -0.258. The van der Waals surface area contributed by atoms with Gasteiger partial charge in [0, 0.05) is 50.1 Å². The van der Waals surface area contributed by atoms with Crippen LogP contribution in [-0.2, 0) is 25.7 Å². The van der Waals surface area contributed by atoms with Gasteiger partial charge >= 0.3 is 6.09 Å². The van der Waals surface area contributed by atoms with Gasteiger partial charge < -0.3 is 49.3 Å². The maximum absolute atomic E-state index is 14.4. The molecule has 2 amide bonds. The number of allylic oxidation sites excluding steroid dienone is 1. The van der Waals surface area contributed by atoms with Crippen LogP contribution < -0.4 is 14.8 Å². The maximum Gasteiger partial charge on any atom is 0.412 e. The normalized spacial score (nSPS) is 25.1. The van der Waals surface area contributed by atoms with E-state index in [1.807, 2.05) is 54.3 Å². The van der Waals surface area contributed by atoms with Crippen molar-refractivity contribution >= 4 is 17.7 Å². The van der Waals surface area contributed by atoms with E-state index in [9.17, 15) is 24.9 Å². The second kappa shape index (κ2) is 21.1. The van der Waals surface area contributed by atoms with Crippen molar-refractivity contribution in [1.29, 1.82) is 0 Å². The second-order valence-electron chi connectivity index (χ2n) is 15.6. The minimum absolute atomic E-state index is 0.00392. The first kappa shape index (κ1) is 43.3. The first-order valence-electron chi connectivity index (χ1n) is 21.1. The Labute approximate surface area is 342 Å². The van der Waals surface area contributed by atoms with Gasteiger partial charge in [0.15, 0.2) is 0 Å².